The van der Waals surface area contributed by atoms with E-state index in [1.54, 1.807) is 30.3 Å². The standard InChI is InChI=1S/C26H16F2N4O/c27-19-10-11-20(22(28)12-19)21-13-24-30-23(17-8-6-16(15-29)7-9-17)14-25(33)32(24)31-26(21)18-4-2-1-3-5-18/h1-14,24,30H. The average Bonchev–Trinajstić information content (AvgIpc) is 2.84. The van der Waals surface area contributed by atoms with E-state index in [1.807, 2.05) is 30.3 Å². The Kier molecular flexibility index (Phi) is 5.04. The number of allylic oxidation sites excluding steroid dienone is 1. The molecule has 0 bridgehead atoms. The Morgan fingerprint density at radius 1 is 0.970 bits per heavy atom. The number of nitrogens with zero attached hydrogens (tertiary/aromatic N) is 3. The quantitative estimate of drug-likeness (QED) is 0.658. The van der Waals surface area contributed by atoms with Crippen LogP contribution in [0, 0.1) is 23.0 Å². The van der Waals surface area contributed by atoms with Gasteiger partial charge in [-0.2, -0.15) is 10.4 Å². The molecule has 2 heterocycles. The summed E-state index contributed by atoms with van der Waals surface area (Å²) in [4.78, 5) is 13.0. The number of nitriles is 1. The highest BCUT2D eigenvalue weighted by atomic mass is 19.1. The highest BCUT2D eigenvalue weighted by Crippen LogP contribution is 2.31. The Bertz CT molecular complexity index is 1390. The van der Waals surface area contributed by atoms with Gasteiger partial charge in [-0.15, -0.1) is 0 Å². The Labute approximate surface area is 188 Å². The van der Waals surface area contributed by atoms with Crippen LogP contribution < -0.4 is 5.32 Å². The third kappa shape index (κ3) is 3.79. The highest BCUT2D eigenvalue weighted by Gasteiger charge is 2.33. The second-order valence-corrected chi connectivity index (χ2v) is 7.54. The summed E-state index contributed by atoms with van der Waals surface area (Å²) < 4.78 is 28.3. The number of hydrogen-bond acceptors (Lipinski definition) is 4. The van der Waals surface area contributed by atoms with Gasteiger partial charge in [0, 0.05) is 34.5 Å². The minimum Gasteiger partial charge on any atom is -0.360 e. The summed E-state index contributed by atoms with van der Waals surface area (Å²) in [5.74, 6) is -1.74. The first kappa shape index (κ1) is 20.3. The summed E-state index contributed by atoms with van der Waals surface area (Å²) in [7, 11) is 0. The summed E-state index contributed by atoms with van der Waals surface area (Å²) in [5.41, 5.74) is 3.51. The van der Waals surface area contributed by atoms with E-state index >= 15 is 0 Å². The van der Waals surface area contributed by atoms with Gasteiger partial charge < -0.3 is 5.32 Å². The van der Waals surface area contributed by atoms with Gasteiger partial charge in [0.05, 0.1) is 17.3 Å². The molecule has 0 fully saturated rings. The topological polar surface area (TPSA) is 68.5 Å². The molecule has 2 aliphatic rings. The fourth-order valence-corrected chi connectivity index (χ4v) is 3.84. The molecular weight excluding hydrogens is 422 g/mol. The molecule has 3 aromatic carbocycles. The van der Waals surface area contributed by atoms with Crippen molar-refractivity contribution in [3.63, 3.8) is 0 Å². The lowest BCUT2D eigenvalue weighted by Crippen LogP contribution is -2.49. The Morgan fingerprint density at radius 2 is 1.73 bits per heavy atom. The summed E-state index contributed by atoms with van der Waals surface area (Å²) in [6.07, 6.45) is 2.46. The van der Waals surface area contributed by atoms with Gasteiger partial charge in [-0.05, 0) is 35.9 Å². The van der Waals surface area contributed by atoms with E-state index in [0.717, 1.165) is 11.6 Å². The Hall–Kier alpha value is -4.57. The molecule has 0 aromatic heterocycles. The Morgan fingerprint density at radius 3 is 2.42 bits per heavy atom. The zero-order chi connectivity index (χ0) is 22.9. The number of benzene rings is 3. The van der Waals surface area contributed by atoms with Gasteiger partial charge >= 0.3 is 0 Å². The molecule has 1 amide bonds. The number of fused-ring (bicyclic) bond motifs is 1. The molecule has 160 valence electrons. The summed E-state index contributed by atoms with van der Waals surface area (Å²) >= 11 is 0. The predicted molar refractivity (Wildman–Crippen MR) is 120 cm³/mol. The number of halogens is 2. The largest absolute Gasteiger partial charge is 0.360 e. The molecule has 1 N–H and O–H groups in total. The molecule has 0 radical (unpaired) electrons. The molecule has 5 rings (SSSR count). The molecule has 1 atom stereocenters. The van der Waals surface area contributed by atoms with Crippen LogP contribution in [0.3, 0.4) is 0 Å². The lowest BCUT2D eigenvalue weighted by Gasteiger charge is -2.35. The maximum absolute atomic E-state index is 14.8. The van der Waals surface area contributed by atoms with E-state index in [2.05, 4.69) is 16.5 Å². The number of hydrogen-bond donors (Lipinski definition) is 1. The molecule has 5 nitrogen and oxygen atoms in total. The lowest BCUT2D eigenvalue weighted by atomic mass is 9.93. The van der Waals surface area contributed by atoms with E-state index < -0.39 is 17.8 Å². The van der Waals surface area contributed by atoms with E-state index in [9.17, 15) is 13.6 Å². The van der Waals surface area contributed by atoms with Crippen LogP contribution in [-0.2, 0) is 4.79 Å². The van der Waals surface area contributed by atoms with Crippen molar-refractivity contribution in [2.75, 3.05) is 0 Å². The van der Waals surface area contributed by atoms with Gasteiger partial charge in [-0.3, -0.25) is 4.79 Å². The first-order chi connectivity index (χ1) is 16.0. The van der Waals surface area contributed by atoms with E-state index in [0.29, 0.717) is 28.1 Å². The third-order valence-electron chi connectivity index (χ3n) is 5.44. The minimum atomic E-state index is -0.719. The first-order valence-electron chi connectivity index (χ1n) is 10.2. The van der Waals surface area contributed by atoms with Gasteiger partial charge in [0.1, 0.15) is 17.8 Å². The number of hydrazone groups is 1. The van der Waals surface area contributed by atoms with Crippen molar-refractivity contribution in [3.05, 3.63) is 119 Å². The highest BCUT2D eigenvalue weighted by molar-refractivity contribution is 6.32. The average molecular weight is 438 g/mol. The monoisotopic (exact) mass is 438 g/mol. The van der Waals surface area contributed by atoms with Crippen LogP contribution in [0.25, 0.3) is 11.3 Å². The predicted octanol–water partition coefficient (Wildman–Crippen LogP) is 4.44. The first-order valence-corrected chi connectivity index (χ1v) is 10.2. The van der Waals surface area contributed by atoms with Crippen molar-refractivity contribution < 1.29 is 13.6 Å². The second-order valence-electron chi connectivity index (χ2n) is 7.54. The van der Waals surface area contributed by atoms with Crippen molar-refractivity contribution in [1.29, 1.82) is 5.26 Å². The SMILES string of the molecule is N#Cc1ccc(C2=CC(=O)N3N=C(c4ccccc4)C(c4ccc(F)cc4F)=CC3N2)cc1. The fourth-order valence-electron chi connectivity index (χ4n) is 3.84. The van der Waals surface area contributed by atoms with Gasteiger partial charge in [0.2, 0.25) is 0 Å². The van der Waals surface area contributed by atoms with Crippen molar-refractivity contribution >= 4 is 22.9 Å². The van der Waals surface area contributed by atoms with Crippen LogP contribution >= 0.6 is 0 Å². The zero-order valence-corrected chi connectivity index (χ0v) is 17.2. The number of rotatable bonds is 3. The summed E-state index contributed by atoms with van der Waals surface area (Å²) in [6, 6.07) is 21.4. The van der Waals surface area contributed by atoms with Crippen molar-refractivity contribution in [1.82, 2.24) is 10.3 Å². The molecule has 1 unspecified atom stereocenters. The molecule has 0 saturated carbocycles. The number of carbonyl (C=O) groups is 1. The van der Waals surface area contributed by atoms with Crippen LogP contribution in [0.2, 0.25) is 0 Å². The van der Waals surface area contributed by atoms with Crippen LogP contribution in [0.15, 0.2) is 90.0 Å². The zero-order valence-electron chi connectivity index (χ0n) is 17.2. The second kappa shape index (κ2) is 8.17. The Balaban J connectivity index is 1.60. The molecule has 2 aliphatic heterocycles. The molecule has 0 spiro atoms. The summed E-state index contributed by atoms with van der Waals surface area (Å²) in [6.45, 7) is 0. The normalized spacial score (nSPS) is 17.2. The number of carbonyl (C=O) groups excluding carboxylic acids is 1. The van der Waals surface area contributed by atoms with Crippen molar-refractivity contribution in [2.24, 2.45) is 5.10 Å². The molecule has 33 heavy (non-hydrogen) atoms. The lowest BCUT2D eigenvalue weighted by molar-refractivity contribution is -0.128. The van der Waals surface area contributed by atoms with Crippen molar-refractivity contribution in [2.45, 2.75) is 6.17 Å². The van der Waals surface area contributed by atoms with Crippen LogP contribution in [-0.4, -0.2) is 22.8 Å². The van der Waals surface area contributed by atoms with E-state index in [4.69, 9.17) is 5.26 Å². The minimum absolute atomic E-state index is 0.183. The molecule has 7 heteroatoms. The van der Waals surface area contributed by atoms with Gasteiger partial charge in [0.25, 0.3) is 5.91 Å². The van der Waals surface area contributed by atoms with Gasteiger partial charge in [-0.1, -0.05) is 42.5 Å². The summed E-state index contributed by atoms with van der Waals surface area (Å²) in [5, 5.41) is 18.1. The molecule has 3 aromatic rings. The van der Waals surface area contributed by atoms with Crippen LogP contribution in [0.1, 0.15) is 22.3 Å². The maximum Gasteiger partial charge on any atom is 0.271 e. The van der Waals surface area contributed by atoms with Gasteiger partial charge in [-0.25, -0.2) is 13.8 Å². The number of amides is 1. The maximum atomic E-state index is 14.8. The van der Waals surface area contributed by atoms with Crippen molar-refractivity contribution in [3.8, 4) is 6.07 Å². The van der Waals surface area contributed by atoms with E-state index in [1.165, 1.54) is 23.2 Å². The molecular formula is C26H16F2N4O. The van der Waals surface area contributed by atoms with E-state index in [-0.39, 0.29) is 11.5 Å². The van der Waals surface area contributed by atoms with Gasteiger partial charge in [0.15, 0.2) is 0 Å². The van der Waals surface area contributed by atoms with Crippen LogP contribution in [0.5, 0.6) is 0 Å². The third-order valence-corrected chi connectivity index (χ3v) is 5.44. The molecule has 0 aliphatic carbocycles. The number of nitrogens with one attached hydrogen (secondary N) is 1. The smallest absolute Gasteiger partial charge is 0.271 e. The van der Waals surface area contributed by atoms with Crippen LogP contribution in [0.4, 0.5) is 8.78 Å². The fraction of sp³-hybridized carbons (Fsp3) is 0.0385. The molecule has 0 saturated heterocycles.